The average molecular weight is 322 g/mol. The lowest BCUT2D eigenvalue weighted by Crippen LogP contribution is -2.28. The van der Waals surface area contributed by atoms with Gasteiger partial charge in [-0.05, 0) is 55.7 Å². The van der Waals surface area contributed by atoms with E-state index in [1.807, 2.05) is 12.1 Å². The molecule has 0 bridgehead atoms. The van der Waals surface area contributed by atoms with Crippen LogP contribution < -0.4 is 5.32 Å². The first-order chi connectivity index (χ1) is 11.6. The summed E-state index contributed by atoms with van der Waals surface area (Å²) in [4.78, 5) is 0. The summed E-state index contributed by atoms with van der Waals surface area (Å²) in [5.41, 5.74) is 6.73. The monoisotopic (exact) mass is 322 g/mol. The Bertz CT molecular complexity index is 877. The Morgan fingerprint density at radius 2 is 1.96 bits per heavy atom. The maximum atomic E-state index is 13.1. The van der Waals surface area contributed by atoms with Crippen molar-refractivity contribution in [3.63, 3.8) is 0 Å². The van der Waals surface area contributed by atoms with Crippen LogP contribution in [0.25, 0.3) is 10.9 Å². The lowest BCUT2D eigenvalue weighted by atomic mass is 9.98. The van der Waals surface area contributed by atoms with Gasteiger partial charge in [0, 0.05) is 42.1 Å². The average Bonchev–Trinajstić information content (AvgIpc) is 2.88. The van der Waals surface area contributed by atoms with Crippen molar-refractivity contribution in [3.8, 4) is 0 Å². The lowest BCUT2D eigenvalue weighted by Gasteiger charge is -2.23. The van der Waals surface area contributed by atoms with E-state index < -0.39 is 0 Å². The number of hydrogen-bond donors (Lipinski definition) is 1. The number of hydrogen-bond acceptors (Lipinski definition) is 1. The second-order valence-corrected chi connectivity index (χ2v) is 6.83. The Morgan fingerprint density at radius 3 is 2.75 bits per heavy atom. The normalized spacial score (nSPS) is 17.2. The van der Waals surface area contributed by atoms with Gasteiger partial charge in [0.1, 0.15) is 5.82 Å². The Balaban J connectivity index is 1.75. The van der Waals surface area contributed by atoms with E-state index in [0.717, 1.165) is 25.9 Å². The topological polar surface area (TPSA) is 17.0 Å². The highest BCUT2D eigenvalue weighted by atomic mass is 19.1. The SMILES string of the molecule is Cc1ccc2c(c1)c1c(n2CCc2ccc(F)cc2)CCN[C@@H]1C. The fourth-order valence-electron chi connectivity index (χ4n) is 3.96. The summed E-state index contributed by atoms with van der Waals surface area (Å²) in [5, 5.41) is 4.97. The molecule has 4 rings (SSSR count). The molecule has 2 heterocycles. The van der Waals surface area contributed by atoms with Crippen LogP contribution in [0.15, 0.2) is 42.5 Å². The minimum atomic E-state index is -0.169. The van der Waals surface area contributed by atoms with Crippen molar-refractivity contribution < 1.29 is 4.39 Å². The molecule has 0 aliphatic carbocycles. The maximum Gasteiger partial charge on any atom is 0.123 e. The standard InChI is InChI=1S/C21H23FN2/c1-14-3-8-19-18(13-14)21-15(2)23-11-9-20(21)24(19)12-10-16-4-6-17(22)7-5-16/h3-8,13,15,23H,9-12H2,1-2H3/t15-/m1/s1. The van der Waals surface area contributed by atoms with Crippen LogP contribution in [0.4, 0.5) is 4.39 Å². The number of benzene rings is 2. The molecular weight excluding hydrogens is 299 g/mol. The van der Waals surface area contributed by atoms with Gasteiger partial charge in [0.15, 0.2) is 0 Å². The molecule has 0 saturated heterocycles. The smallest absolute Gasteiger partial charge is 0.123 e. The van der Waals surface area contributed by atoms with Gasteiger partial charge in [0.25, 0.3) is 0 Å². The minimum absolute atomic E-state index is 0.169. The third kappa shape index (κ3) is 2.63. The molecule has 24 heavy (non-hydrogen) atoms. The van der Waals surface area contributed by atoms with E-state index in [1.54, 1.807) is 12.1 Å². The highest BCUT2D eigenvalue weighted by Gasteiger charge is 2.24. The highest BCUT2D eigenvalue weighted by molar-refractivity contribution is 5.87. The molecule has 1 aliphatic heterocycles. The van der Waals surface area contributed by atoms with E-state index in [4.69, 9.17) is 0 Å². The van der Waals surface area contributed by atoms with Gasteiger partial charge in [-0.15, -0.1) is 0 Å². The van der Waals surface area contributed by atoms with Crippen LogP contribution in [0.2, 0.25) is 0 Å². The summed E-state index contributed by atoms with van der Waals surface area (Å²) >= 11 is 0. The van der Waals surface area contributed by atoms with E-state index in [2.05, 4.69) is 41.9 Å². The van der Waals surface area contributed by atoms with Crippen molar-refractivity contribution >= 4 is 10.9 Å². The Hall–Kier alpha value is -2.13. The Morgan fingerprint density at radius 1 is 1.17 bits per heavy atom. The molecule has 3 heteroatoms. The summed E-state index contributed by atoms with van der Waals surface area (Å²) in [6.45, 7) is 6.37. The summed E-state index contributed by atoms with van der Waals surface area (Å²) in [6, 6.07) is 14.0. The second kappa shape index (κ2) is 6.06. The van der Waals surface area contributed by atoms with E-state index in [9.17, 15) is 4.39 Å². The van der Waals surface area contributed by atoms with Crippen LogP contribution in [0, 0.1) is 12.7 Å². The molecule has 0 amide bonds. The van der Waals surface area contributed by atoms with E-state index in [-0.39, 0.29) is 5.82 Å². The predicted octanol–water partition coefficient (Wildman–Crippen LogP) is 4.54. The first kappa shape index (κ1) is 15.4. The predicted molar refractivity (Wildman–Crippen MR) is 96.9 cm³/mol. The van der Waals surface area contributed by atoms with Gasteiger partial charge in [-0.25, -0.2) is 4.39 Å². The summed E-state index contributed by atoms with van der Waals surface area (Å²) in [5.74, 6) is -0.169. The zero-order valence-electron chi connectivity index (χ0n) is 14.3. The second-order valence-electron chi connectivity index (χ2n) is 6.83. The van der Waals surface area contributed by atoms with Crippen molar-refractivity contribution in [2.24, 2.45) is 0 Å². The van der Waals surface area contributed by atoms with Crippen molar-refractivity contribution in [2.75, 3.05) is 6.54 Å². The highest BCUT2D eigenvalue weighted by Crippen LogP contribution is 2.34. The number of aryl methyl sites for hydroxylation is 3. The van der Waals surface area contributed by atoms with Crippen LogP contribution in [0.3, 0.4) is 0 Å². The molecule has 0 fully saturated rings. The lowest BCUT2D eigenvalue weighted by molar-refractivity contribution is 0.521. The van der Waals surface area contributed by atoms with Gasteiger partial charge < -0.3 is 9.88 Å². The van der Waals surface area contributed by atoms with Crippen molar-refractivity contribution in [1.29, 1.82) is 0 Å². The molecule has 1 N–H and O–H groups in total. The molecule has 0 unspecified atom stereocenters. The number of fused-ring (bicyclic) bond motifs is 3. The van der Waals surface area contributed by atoms with Gasteiger partial charge in [-0.3, -0.25) is 0 Å². The molecule has 124 valence electrons. The van der Waals surface area contributed by atoms with Gasteiger partial charge in [-0.2, -0.15) is 0 Å². The maximum absolute atomic E-state index is 13.1. The molecule has 3 aromatic rings. The van der Waals surface area contributed by atoms with Gasteiger partial charge in [-0.1, -0.05) is 23.8 Å². The van der Waals surface area contributed by atoms with Gasteiger partial charge in [0.2, 0.25) is 0 Å². The third-order valence-electron chi connectivity index (χ3n) is 5.15. The van der Waals surface area contributed by atoms with Gasteiger partial charge >= 0.3 is 0 Å². The van der Waals surface area contributed by atoms with E-state index in [1.165, 1.54) is 33.3 Å². The first-order valence-electron chi connectivity index (χ1n) is 8.73. The molecule has 1 aliphatic rings. The number of halogens is 1. The van der Waals surface area contributed by atoms with Crippen LogP contribution in [-0.2, 0) is 19.4 Å². The largest absolute Gasteiger partial charge is 0.344 e. The van der Waals surface area contributed by atoms with Crippen molar-refractivity contribution in [2.45, 2.75) is 39.3 Å². The number of aromatic nitrogens is 1. The van der Waals surface area contributed by atoms with Crippen LogP contribution >= 0.6 is 0 Å². The van der Waals surface area contributed by atoms with Crippen LogP contribution in [0.5, 0.6) is 0 Å². The molecule has 1 aromatic heterocycles. The Kier molecular flexibility index (Phi) is 3.89. The fourth-order valence-corrected chi connectivity index (χ4v) is 3.96. The molecule has 2 nitrogen and oxygen atoms in total. The first-order valence-corrected chi connectivity index (χ1v) is 8.73. The molecule has 0 spiro atoms. The molecule has 1 atom stereocenters. The molecular formula is C21H23FN2. The van der Waals surface area contributed by atoms with E-state index in [0.29, 0.717) is 6.04 Å². The summed E-state index contributed by atoms with van der Waals surface area (Å²) in [7, 11) is 0. The molecule has 0 radical (unpaired) electrons. The van der Waals surface area contributed by atoms with Crippen molar-refractivity contribution in [1.82, 2.24) is 9.88 Å². The zero-order valence-corrected chi connectivity index (χ0v) is 14.3. The van der Waals surface area contributed by atoms with Crippen molar-refractivity contribution in [3.05, 3.63) is 70.7 Å². The third-order valence-corrected chi connectivity index (χ3v) is 5.15. The number of rotatable bonds is 3. The minimum Gasteiger partial charge on any atom is -0.344 e. The fraction of sp³-hybridized carbons (Fsp3) is 0.333. The quantitative estimate of drug-likeness (QED) is 0.749. The zero-order chi connectivity index (χ0) is 16.7. The Labute approximate surface area is 142 Å². The number of nitrogens with zero attached hydrogens (tertiary/aromatic N) is 1. The summed E-state index contributed by atoms with van der Waals surface area (Å²) < 4.78 is 15.6. The van der Waals surface area contributed by atoms with Crippen LogP contribution in [0.1, 0.15) is 35.3 Å². The summed E-state index contributed by atoms with van der Waals surface area (Å²) in [6.07, 6.45) is 1.99. The van der Waals surface area contributed by atoms with Crippen LogP contribution in [-0.4, -0.2) is 11.1 Å². The molecule has 2 aromatic carbocycles. The number of nitrogens with one attached hydrogen (secondary N) is 1. The van der Waals surface area contributed by atoms with Gasteiger partial charge in [0.05, 0.1) is 0 Å². The van der Waals surface area contributed by atoms with E-state index >= 15 is 0 Å². The molecule has 0 saturated carbocycles.